The van der Waals surface area contributed by atoms with E-state index in [4.69, 9.17) is 0 Å². The second-order valence-electron chi connectivity index (χ2n) is 5.21. The quantitative estimate of drug-likeness (QED) is 0.624. The molecule has 0 aliphatic carbocycles. The van der Waals surface area contributed by atoms with Crippen LogP contribution in [0.3, 0.4) is 0 Å². The summed E-state index contributed by atoms with van der Waals surface area (Å²) in [7, 11) is 0. The van der Waals surface area contributed by atoms with Crippen molar-refractivity contribution in [3.8, 4) is 0 Å². The van der Waals surface area contributed by atoms with E-state index in [1.54, 1.807) is 0 Å². The number of anilines is 1. The third-order valence-corrected chi connectivity index (χ3v) is 3.64. The number of carbonyl (C=O) groups excluding carboxylic acids is 1. The second-order valence-corrected chi connectivity index (χ2v) is 5.21. The lowest BCUT2D eigenvalue weighted by atomic mass is 10.2. The highest BCUT2D eigenvalue weighted by atomic mass is 16.6. The molecule has 1 aliphatic heterocycles. The molecular formula is C14H20N4O3. The Balaban J connectivity index is 2.02. The van der Waals surface area contributed by atoms with Gasteiger partial charge in [0, 0.05) is 38.7 Å². The van der Waals surface area contributed by atoms with E-state index in [1.807, 2.05) is 18.7 Å². The van der Waals surface area contributed by atoms with Crippen molar-refractivity contribution < 1.29 is 9.72 Å². The Morgan fingerprint density at radius 1 is 1.38 bits per heavy atom. The number of aromatic nitrogens is 1. The van der Waals surface area contributed by atoms with Crippen molar-refractivity contribution in [2.45, 2.75) is 26.7 Å². The fraction of sp³-hybridized carbons (Fsp3) is 0.571. The molecule has 0 spiro atoms. The summed E-state index contributed by atoms with van der Waals surface area (Å²) in [6, 6.07) is 1.54. The number of carbonyl (C=O) groups is 1. The van der Waals surface area contributed by atoms with Crippen LogP contribution in [0.15, 0.2) is 12.3 Å². The van der Waals surface area contributed by atoms with Gasteiger partial charge in [-0.2, -0.15) is 0 Å². The predicted octanol–water partition coefficient (Wildman–Crippen LogP) is 1.75. The predicted molar refractivity (Wildman–Crippen MR) is 79.3 cm³/mol. The third kappa shape index (κ3) is 3.48. The Morgan fingerprint density at radius 2 is 2.05 bits per heavy atom. The first-order valence-electron chi connectivity index (χ1n) is 7.16. The molecule has 7 nitrogen and oxygen atoms in total. The molecule has 0 radical (unpaired) electrons. The van der Waals surface area contributed by atoms with Gasteiger partial charge < -0.3 is 9.80 Å². The maximum absolute atomic E-state index is 11.8. The normalized spacial score (nSPS) is 15.1. The van der Waals surface area contributed by atoms with Crippen LogP contribution in [0.5, 0.6) is 0 Å². The number of pyridine rings is 1. The molecule has 114 valence electrons. The van der Waals surface area contributed by atoms with Gasteiger partial charge in [-0.15, -0.1) is 0 Å². The van der Waals surface area contributed by atoms with Crippen molar-refractivity contribution in [3.63, 3.8) is 0 Å². The van der Waals surface area contributed by atoms with Gasteiger partial charge in [-0.3, -0.25) is 14.9 Å². The average molecular weight is 292 g/mol. The molecule has 0 atom stereocenters. The van der Waals surface area contributed by atoms with Crippen molar-refractivity contribution in [3.05, 3.63) is 27.9 Å². The lowest BCUT2D eigenvalue weighted by Gasteiger charge is -2.36. The summed E-state index contributed by atoms with van der Waals surface area (Å²) in [6.07, 6.45) is 2.74. The maximum atomic E-state index is 11.8. The number of amides is 1. The molecule has 0 unspecified atom stereocenters. The second kappa shape index (κ2) is 6.51. The van der Waals surface area contributed by atoms with Crippen LogP contribution in [0.25, 0.3) is 0 Å². The summed E-state index contributed by atoms with van der Waals surface area (Å²) in [4.78, 5) is 30.3. The molecule has 0 saturated carbocycles. The van der Waals surface area contributed by atoms with Crippen molar-refractivity contribution in [1.82, 2.24) is 9.88 Å². The molecule has 1 aliphatic rings. The van der Waals surface area contributed by atoms with Crippen LogP contribution in [0.2, 0.25) is 0 Å². The Bertz CT molecular complexity index is 539. The van der Waals surface area contributed by atoms with Gasteiger partial charge in [0.1, 0.15) is 12.0 Å². The summed E-state index contributed by atoms with van der Waals surface area (Å²) < 4.78 is 0. The molecule has 2 heterocycles. The highest BCUT2D eigenvalue weighted by Crippen LogP contribution is 2.22. The molecular weight excluding hydrogens is 272 g/mol. The van der Waals surface area contributed by atoms with Gasteiger partial charge in [0.15, 0.2) is 0 Å². The SMILES string of the molecule is CCCC(=O)N1CCN(c2ncc([N+](=O)[O-])cc2C)CC1. The number of nitrogens with zero attached hydrogens (tertiary/aromatic N) is 4. The van der Waals surface area contributed by atoms with Crippen LogP contribution in [0.1, 0.15) is 25.3 Å². The van der Waals surface area contributed by atoms with Crippen molar-refractivity contribution in [1.29, 1.82) is 0 Å². The molecule has 0 N–H and O–H groups in total. The topological polar surface area (TPSA) is 79.6 Å². The lowest BCUT2D eigenvalue weighted by molar-refractivity contribution is -0.385. The first-order chi connectivity index (χ1) is 10.0. The summed E-state index contributed by atoms with van der Waals surface area (Å²) in [5.41, 5.74) is 0.797. The van der Waals surface area contributed by atoms with Gasteiger partial charge in [-0.25, -0.2) is 4.98 Å². The molecule has 1 amide bonds. The zero-order valence-corrected chi connectivity index (χ0v) is 12.4. The third-order valence-electron chi connectivity index (χ3n) is 3.64. The minimum absolute atomic E-state index is 0.00742. The van der Waals surface area contributed by atoms with Crippen LogP contribution >= 0.6 is 0 Å². The Labute approximate surface area is 123 Å². The Hall–Kier alpha value is -2.18. The Morgan fingerprint density at radius 3 is 2.57 bits per heavy atom. The summed E-state index contributed by atoms with van der Waals surface area (Å²) in [5.74, 6) is 0.966. The zero-order chi connectivity index (χ0) is 15.4. The monoisotopic (exact) mass is 292 g/mol. The van der Waals surface area contributed by atoms with Crippen molar-refractivity contribution in [2.24, 2.45) is 0 Å². The summed E-state index contributed by atoms with van der Waals surface area (Å²) in [6.45, 7) is 6.60. The van der Waals surface area contributed by atoms with E-state index in [0.717, 1.165) is 17.8 Å². The van der Waals surface area contributed by atoms with Crippen LogP contribution in [-0.2, 0) is 4.79 Å². The van der Waals surface area contributed by atoms with Crippen molar-refractivity contribution in [2.75, 3.05) is 31.1 Å². The molecule has 1 aromatic heterocycles. The largest absolute Gasteiger partial charge is 0.353 e. The number of hydrogen-bond acceptors (Lipinski definition) is 5. The van der Waals surface area contributed by atoms with E-state index in [-0.39, 0.29) is 11.6 Å². The van der Waals surface area contributed by atoms with E-state index in [2.05, 4.69) is 9.88 Å². The molecule has 1 saturated heterocycles. The van der Waals surface area contributed by atoms with E-state index in [0.29, 0.717) is 32.6 Å². The van der Waals surface area contributed by atoms with Gasteiger partial charge >= 0.3 is 0 Å². The highest BCUT2D eigenvalue weighted by molar-refractivity contribution is 5.76. The number of rotatable bonds is 4. The van der Waals surface area contributed by atoms with Gasteiger partial charge in [-0.05, 0) is 18.9 Å². The smallest absolute Gasteiger partial charge is 0.287 e. The van der Waals surface area contributed by atoms with E-state index >= 15 is 0 Å². The van der Waals surface area contributed by atoms with E-state index in [9.17, 15) is 14.9 Å². The highest BCUT2D eigenvalue weighted by Gasteiger charge is 2.23. The van der Waals surface area contributed by atoms with E-state index in [1.165, 1.54) is 12.3 Å². The molecule has 1 fully saturated rings. The first-order valence-corrected chi connectivity index (χ1v) is 7.16. The average Bonchev–Trinajstić information content (AvgIpc) is 2.47. The molecule has 2 rings (SSSR count). The number of piperazine rings is 1. The van der Waals surface area contributed by atoms with Crippen LogP contribution in [-0.4, -0.2) is 46.9 Å². The number of hydrogen-bond donors (Lipinski definition) is 0. The van der Waals surface area contributed by atoms with Gasteiger partial charge in [0.05, 0.1) is 4.92 Å². The zero-order valence-electron chi connectivity index (χ0n) is 12.4. The van der Waals surface area contributed by atoms with Crippen LogP contribution in [0, 0.1) is 17.0 Å². The lowest BCUT2D eigenvalue weighted by Crippen LogP contribution is -2.49. The Kier molecular flexibility index (Phi) is 4.72. The minimum Gasteiger partial charge on any atom is -0.353 e. The van der Waals surface area contributed by atoms with Gasteiger partial charge in [-0.1, -0.05) is 6.92 Å². The molecule has 21 heavy (non-hydrogen) atoms. The fourth-order valence-electron chi connectivity index (χ4n) is 2.52. The van der Waals surface area contributed by atoms with Crippen LogP contribution in [0.4, 0.5) is 11.5 Å². The van der Waals surface area contributed by atoms with Gasteiger partial charge in [0.25, 0.3) is 5.69 Å². The molecule has 0 aromatic carbocycles. The molecule has 1 aromatic rings. The number of aryl methyl sites for hydroxylation is 1. The summed E-state index contributed by atoms with van der Waals surface area (Å²) in [5, 5.41) is 10.7. The molecule has 7 heteroatoms. The number of nitro groups is 1. The molecule has 0 bridgehead atoms. The van der Waals surface area contributed by atoms with Gasteiger partial charge in [0.2, 0.25) is 5.91 Å². The standard InChI is InChI=1S/C14H20N4O3/c1-3-4-13(19)16-5-7-17(8-6-16)14-11(2)9-12(10-15-14)18(20)21/h9-10H,3-8H2,1-2H3. The van der Waals surface area contributed by atoms with E-state index < -0.39 is 4.92 Å². The fourth-order valence-corrected chi connectivity index (χ4v) is 2.52. The minimum atomic E-state index is -0.439. The van der Waals surface area contributed by atoms with Crippen molar-refractivity contribution >= 4 is 17.4 Å². The summed E-state index contributed by atoms with van der Waals surface area (Å²) >= 11 is 0. The van der Waals surface area contributed by atoms with Crippen LogP contribution < -0.4 is 4.90 Å². The first kappa shape index (κ1) is 15.2. The maximum Gasteiger partial charge on any atom is 0.287 e.